The van der Waals surface area contributed by atoms with Gasteiger partial charge < -0.3 is 5.21 Å². The van der Waals surface area contributed by atoms with Gasteiger partial charge in [0.15, 0.2) is 5.82 Å². The Morgan fingerprint density at radius 2 is 1.60 bits per heavy atom. The Labute approximate surface area is 115 Å². The van der Waals surface area contributed by atoms with Crippen LogP contribution in [0.4, 0.5) is 0 Å². The summed E-state index contributed by atoms with van der Waals surface area (Å²) >= 11 is 0. The van der Waals surface area contributed by atoms with Gasteiger partial charge in [0.05, 0.1) is 11.7 Å². The molecule has 2 aliphatic heterocycles. The number of imidazole rings is 1. The van der Waals surface area contributed by atoms with E-state index < -0.39 is 0 Å². The average molecular weight is 261 g/mol. The lowest BCUT2D eigenvalue weighted by atomic mass is 10.1. The number of fused-ring (bicyclic) bond motifs is 3. The summed E-state index contributed by atoms with van der Waals surface area (Å²) in [5, 5.41) is 10.9. The Bertz CT molecular complexity index is 868. The van der Waals surface area contributed by atoms with Gasteiger partial charge in [0, 0.05) is 10.9 Å². The second kappa shape index (κ2) is 4.06. The lowest BCUT2D eigenvalue weighted by Crippen LogP contribution is -1.97. The van der Waals surface area contributed by atoms with Crippen LogP contribution in [0.25, 0.3) is 33.7 Å². The van der Waals surface area contributed by atoms with E-state index in [9.17, 15) is 5.21 Å². The Morgan fingerprint density at radius 3 is 2.45 bits per heavy atom. The van der Waals surface area contributed by atoms with Crippen LogP contribution in [0.3, 0.4) is 0 Å². The molecule has 0 amide bonds. The number of pyridine rings is 1. The van der Waals surface area contributed by atoms with Crippen molar-refractivity contribution in [1.29, 1.82) is 0 Å². The van der Waals surface area contributed by atoms with Crippen molar-refractivity contribution < 1.29 is 5.21 Å². The van der Waals surface area contributed by atoms with Gasteiger partial charge in [0.25, 0.3) is 0 Å². The van der Waals surface area contributed by atoms with Crippen LogP contribution in [-0.2, 0) is 0 Å². The molecule has 4 nitrogen and oxygen atoms in total. The zero-order chi connectivity index (χ0) is 13.5. The average Bonchev–Trinajstić information content (AvgIpc) is 2.93. The van der Waals surface area contributed by atoms with E-state index in [1.165, 1.54) is 0 Å². The highest BCUT2D eigenvalue weighted by Gasteiger charge is 2.17. The minimum absolute atomic E-state index is 0.678. The predicted molar refractivity (Wildman–Crippen MR) is 76.8 cm³/mol. The van der Waals surface area contributed by atoms with Crippen molar-refractivity contribution in [3.05, 3.63) is 60.8 Å². The molecule has 4 rings (SSSR count). The van der Waals surface area contributed by atoms with Crippen molar-refractivity contribution in [3.8, 4) is 22.8 Å². The molecular weight excluding hydrogens is 250 g/mol. The maximum Gasteiger partial charge on any atom is 0.160 e. The van der Waals surface area contributed by atoms with Crippen LogP contribution in [0.5, 0.6) is 0 Å². The summed E-state index contributed by atoms with van der Waals surface area (Å²) in [5.41, 5.74) is 3.19. The summed E-state index contributed by atoms with van der Waals surface area (Å²) in [7, 11) is 0. The van der Waals surface area contributed by atoms with Gasteiger partial charge in [-0.3, -0.25) is 0 Å². The van der Waals surface area contributed by atoms with E-state index in [-0.39, 0.29) is 0 Å². The normalized spacial score (nSPS) is 11.2. The highest BCUT2D eigenvalue weighted by molar-refractivity contribution is 5.93. The van der Waals surface area contributed by atoms with Crippen molar-refractivity contribution in [3.63, 3.8) is 0 Å². The maximum atomic E-state index is 10.00. The Kier molecular flexibility index (Phi) is 2.23. The third kappa shape index (κ3) is 1.55. The van der Waals surface area contributed by atoms with Crippen LogP contribution in [0, 0.1) is 0 Å². The molecular formula is C16H11N3O. The molecule has 0 bridgehead atoms. The Morgan fingerprint density at radius 1 is 0.850 bits per heavy atom. The summed E-state index contributed by atoms with van der Waals surface area (Å²) in [6.45, 7) is 0. The molecule has 2 heterocycles. The first kappa shape index (κ1) is 11.0. The fourth-order valence-electron chi connectivity index (χ4n) is 2.42. The molecule has 2 aromatic rings. The number of benzene rings is 2. The van der Waals surface area contributed by atoms with Crippen LogP contribution in [0.2, 0.25) is 0 Å². The van der Waals surface area contributed by atoms with E-state index in [0.717, 1.165) is 26.9 Å². The molecule has 0 radical (unpaired) electrons. The van der Waals surface area contributed by atoms with Gasteiger partial charge in [0.1, 0.15) is 11.4 Å². The smallest absolute Gasteiger partial charge is 0.160 e. The first-order chi connectivity index (χ1) is 9.83. The zero-order valence-corrected chi connectivity index (χ0v) is 10.6. The van der Waals surface area contributed by atoms with Crippen molar-refractivity contribution >= 4 is 10.9 Å². The second-order valence-electron chi connectivity index (χ2n) is 4.64. The summed E-state index contributed by atoms with van der Waals surface area (Å²) in [5.74, 6) is 0.678. The zero-order valence-electron chi connectivity index (χ0n) is 10.6. The lowest BCUT2D eigenvalue weighted by molar-refractivity contribution is 0.198. The monoisotopic (exact) mass is 261 g/mol. The summed E-state index contributed by atoms with van der Waals surface area (Å²) < 4.78 is 1.10. The molecule has 0 aliphatic carbocycles. The van der Waals surface area contributed by atoms with Gasteiger partial charge in [-0.05, 0) is 6.07 Å². The van der Waals surface area contributed by atoms with Gasteiger partial charge in [-0.25, -0.2) is 9.97 Å². The number of hydrogen-bond acceptors (Lipinski definition) is 3. The fraction of sp³-hybridized carbons (Fsp3) is 0. The minimum Gasteiger partial charge on any atom is -0.428 e. The summed E-state index contributed by atoms with van der Waals surface area (Å²) in [4.78, 5) is 9.12. The predicted octanol–water partition coefficient (Wildman–Crippen LogP) is 3.44. The number of rotatable bonds is 1. The van der Waals surface area contributed by atoms with Crippen LogP contribution in [0.1, 0.15) is 0 Å². The molecule has 2 aromatic carbocycles. The molecule has 96 valence electrons. The third-order valence-corrected chi connectivity index (χ3v) is 3.37. The molecule has 2 aliphatic rings. The largest absolute Gasteiger partial charge is 0.428 e. The quantitative estimate of drug-likeness (QED) is 0.534. The van der Waals surface area contributed by atoms with E-state index in [2.05, 4.69) is 9.97 Å². The lowest BCUT2D eigenvalue weighted by Gasteiger charge is -2.06. The highest BCUT2D eigenvalue weighted by atomic mass is 16.5. The molecule has 20 heavy (non-hydrogen) atoms. The van der Waals surface area contributed by atoms with Crippen molar-refractivity contribution in [2.45, 2.75) is 0 Å². The number of aromatic nitrogens is 3. The van der Waals surface area contributed by atoms with Crippen molar-refractivity contribution in [2.24, 2.45) is 0 Å². The van der Waals surface area contributed by atoms with Gasteiger partial charge >= 0.3 is 0 Å². The van der Waals surface area contributed by atoms with Crippen LogP contribution >= 0.6 is 0 Å². The fourth-order valence-corrected chi connectivity index (χ4v) is 2.42. The first-order valence-electron chi connectivity index (χ1n) is 6.35. The SMILES string of the molecule is On1cc2nc(-c3ccccc3)nc-2c2ccccc21. The van der Waals surface area contributed by atoms with Gasteiger partial charge in [0.2, 0.25) is 0 Å². The van der Waals surface area contributed by atoms with E-state index in [1.807, 2.05) is 54.6 Å². The van der Waals surface area contributed by atoms with Crippen LogP contribution < -0.4 is 0 Å². The first-order valence-corrected chi connectivity index (χ1v) is 6.35. The molecule has 0 unspecified atom stereocenters. The molecule has 0 saturated heterocycles. The Balaban J connectivity index is 2.05. The minimum atomic E-state index is 0.678. The van der Waals surface area contributed by atoms with Crippen LogP contribution in [0.15, 0.2) is 60.8 Å². The molecule has 1 N–H and O–H groups in total. The molecule has 0 saturated carbocycles. The third-order valence-electron chi connectivity index (χ3n) is 3.37. The standard InChI is InChI=1S/C16H11N3O/c20-19-10-13-15(12-8-4-5-9-14(12)19)18-16(17-13)11-6-2-1-3-7-11/h1-10,20H. The van der Waals surface area contributed by atoms with Gasteiger partial charge in [-0.15, -0.1) is 0 Å². The van der Waals surface area contributed by atoms with E-state index in [1.54, 1.807) is 6.20 Å². The second-order valence-corrected chi connectivity index (χ2v) is 4.64. The summed E-state index contributed by atoms with van der Waals surface area (Å²) in [6.07, 6.45) is 1.59. The van der Waals surface area contributed by atoms with Crippen molar-refractivity contribution in [2.75, 3.05) is 0 Å². The van der Waals surface area contributed by atoms with Gasteiger partial charge in [-0.1, -0.05) is 48.5 Å². The van der Waals surface area contributed by atoms with Gasteiger partial charge in [-0.2, -0.15) is 4.73 Å². The Hall–Kier alpha value is -2.88. The van der Waals surface area contributed by atoms with Crippen LogP contribution in [-0.4, -0.2) is 19.9 Å². The number of para-hydroxylation sites is 1. The molecule has 0 spiro atoms. The molecule has 0 aromatic heterocycles. The molecule has 4 heteroatoms. The van der Waals surface area contributed by atoms with Crippen molar-refractivity contribution in [1.82, 2.24) is 14.7 Å². The highest BCUT2D eigenvalue weighted by Crippen LogP contribution is 2.31. The maximum absolute atomic E-state index is 10.00. The van der Waals surface area contributed by atoms with E-state index in [0.29, 0.717) is 11.5 Å². The molecule has 0 atom stereocenters. The van der Waals surface area contributed by atoms with E-state index in [4.69, 9.17) is 0 Å². The summed E-state index contributed by atoms with van der Waals surface area (Å²) in [6, 6.07) is 17.4. The topological polar surface area (TPSA) is 50.9 Å². The number of nitrogens with zero attached hydrogens (tertiary/aromatic N) is 3. The number of hydrogen-bond donors (Lipinski definition) is 1. The van der Waals surface area contributed by atoms with E-state index >= 15 is 0 Å². The molecule has 0 fully saturated rings.